The Hall–Kier alpha value is -1.31. The maximum absolute atomic E-state index is 4.80. The molecule has 0 radical (unpaired) electrons. The summed E-state index contributed by atoms with van der Waals surface area (Å²) in [6.07, 6.45) is 4.76. The molecule has 2 heterocycles. The molecule has 1 fully saturated rings. The molecule has 16 heavy (non-hydrogen) atoms. The van der Waals surface area contributed by atoms with E-state index in [0.29, 0.717) is 5.92 Å². The van der Waals surface area contributed by atoms with E-state index in [1.807, 2.05) is 0 Å². The van der Waals surface area contributed by atoms with E-state index in [-0.39, 0.29) is 5.41 Å². The van der Waals surface area contributed by atoms with Gasteiger partial charge in [-0.25, -0.2) is 4.98 Å². The Labute approximate surface area is 96.3 Å². The van der Waals surface area contributed by atoms with E-state index in [1.165, 1.54) is 24.2 Å². The van der Waals surface area contributed by atoms with E-state index < -0.39 is 0 Å². The second kappa shape index (κ2) is 3.09. The summed E-state index contributed by atoms with van der Waals surface area (Å²) in [6.45, 7) is 6.82. The third kappa shape index (κ3) is 1.44. The fourth-order valence-corrected chi connectivity index (χ4v) is 2.40. The van der Waals surface area contributed by atoms with Gasteiger partial charge in [-0.15, -0.1) is 0 Å². The van der Waals surface area contributed by atoms with Crippen LogP contribution in [0.4, 0.5) is 0 Å². The van der Waals surface area contributed by atoms with Gasteiger partial charge >= 0.3 is 0 Å². The van der Waals surface area contributed by atoms with Crippen LogP contribution in [0.25, 0.3) is 5.65 Å². The molecule has 2 aromatic heterocycles. The van der Waals surface area contributed by atoms with Crippen LogP contribution < -0.4 is 0 Å². The third-order valence-electron chi connectivity index (χ3n) is 3.23. The molecule has 0 amide bonds. The molecule has 1 saturated carbocycles. The van der Waals surface area contributed by atoms with E-state index in [2.05, 4.69) is 49.6 Å². The third-order valence-corrected chi connectivity index (χ3v) is 3.23. The van der Waals surface area contributed by atoms with E-state index in [0.717, 1.165) is 5.65 Å². The van der Waals surface area contributed by atoms with Gasteiger partial charge in [0.1, 0.15) is 5.65 Å². The van der Waals surface area contributed by atoms with Gasteiger partial charge < -0.3 is 4.40 Å². The molecule has 0 atom stereocenters. The second-order valence-corrected chi connectivity index (χ2v) is 5.80. The minimum atomic E-state index is 0.165. The lowest BCUT2D eigenvalue weighted by molar-refractivity contribution is 0.555. The molecule has 0 N–H and O–H groups in total. The molecule has 0 bridgehead atoms. The molecular weight excluding hydrogens is 196 g/mol. The van der Waals surface area contributed by atoms with Gasteiger partial charge in [-0.05, 0) is 25.0 Å². The molecule has 2 nitrogen and oxygen atoms in total. The summed E-state index contributed by atoms with van der Waals surface area (Å²) in [5.41, 5.74) is 3.98. The van der Waals surface area contributed by atoms with Gasteiger partial charge in [0, 0.05) is 17.5 Å². The Bertz CT molecular complexity index is 527. The van der Waals surface area contributed by atoms with Crippen molar-refractivity contribution < 1.29 is 0 Å². The number of pyridine rings is 1. The molecule has 1 aliphatic rings. The van der Waals surface area contributed by atoms with E-state index in [4.69, 9.17) is 4.98 Å². The lowest BCUT2D eigenvalue weighted by Gasteiger charge is -2.20. The molecular formula is C14H18N2. The van der Waals surface area contributed by atoms with Crippen LogP contribution in [-0.4, -0.2) is 9.38 Å². The van der Waals surface area contributed by atoms with Crippen LogP contribution in [0.2, 0.25) is 0 Å². The van der Waals surface area contributed by atoms with Crippen LogP contribution in [0.1, 0.15) is 50.9 Å². The number of aromatic nitrogens is 2. The van der Waals surface area contributed by atoms with Gasteiger partial charge in [-0.2, -0.15) is 0 Å². The maximum Gasteiger partial charge on any atom is 0.137 e. The van der Waals surface area contributed by atoms with Gasteiger partial charge in [-0.3, -0.25) is 0 Å². The number of nitrogens with zero attached hydrogens (tertiary/aromatic N) is 2. The first kappa shape index (κ1) is 9.88. The second-order valence-electron chi connectivity index (χ2n) is 5.80. The summed E-state index contributed by atoms with van der Waals surface area (Å²) in [7, 11) is 0. The zero-order valence-corrected chi connectivity index (χ0v) is 10.2. The summed E-state index contributed by atoms with van der Waals surface area (Å²) in [5.74, 6) is 0.717. The summed E-state index contributed by atoms with van der Waals surface area (Å²) >= 11 is 0. The molecule has 0 spiro atoms. The van der Waals surface area contributed by atoms with Gasteiger partial charge in [0.25, 0.3) is 0 Å². The van der Waals surface area contributed by atoms with E-state index in [9.17, 15) is 0 Å². The summed E-state index contributed by atoms with van der Waals surface area (Å²) in [5, 5.41) is 0. The van der Waals surface area contributed by atoms with E-state index >= 15 is 0 Å². The van der Waals surface area contributed by atoms with Crippen molar-refractivity contribution >= 4 is 5.65 Å². The van der Waals surface area contributed by atoms with Crippen LogP contribution in [0, 0.1) is 0 Å². The van der Waals surface area contributed by atoms with Crippen LogP contribution in [0.3, 0.4) is 0 Å². The molecule has 2 heteroatoms. The van der Waals surface area contributed by atoms with Crippen molar-refractivity contribution in [1.29, 1.82) is 0 Å². The fourth-order valence-electron chi connectivity index (χ4n) is 2.40. The SMILES string of the molecule is CC(C)(C)c1c(C2CC2)nc2ccccn12. The molecule has 0 aliphatic heterocycles. The fraction of sp³-hybridized carbons (Fsp3) is 0.500. The van der Waals surface area contributed by atoms with Crippen molar-refractivity contribution in [3.05, 3.63) is 35.8 Å². The Morgan fingerprint density at radius 3 is 2.62 bits per heavy atom. The molecule has 2 aromatic rings. The van der Waals surface area contributed by atoms with Crippen molar-refractivity contribution in [2.75, 3.05) is 0 Å². The predicted molar refractivity (Wildman–Crippen MR) is 65.9 cm³/mol. The Morgan fingerprint density at radius 2 is 2.00 bits per heavy atom. The zero-order valence-electron chi connectivity index (χ0n) is 10.2. The lowest BCUT2D eigenvalue weighted by atomic mass is 9.89. The minimum Gasteiger partial charge on any atom is -0.303 e. The monoisotopic (exact) mass is 214 g/mol. The Morgan fingerprint density at radius 1 is 1.25 bits per heavy atom. The summed E-state index contributed by atoms with van der Waals surface area (Å²) < 4.78 is 2.26. The molecule has 1 aliphatic carbocycles. The Kier molecular flexibility index (Phi) is 1.91. The Balaban J connectivity index is 2.31. The average molecular weight is 214 g/mol. The normalized spacial score (nSPS) is 16.9. The number of rotatable bonds is 1. The number of fused-ring (bicyclic) bond motifs is 1. The van der Waals surface area contributed by atoms with Crippen molar-refractivity contribution in [3.8, 4) is 0 Å². The van der Waals surface area contributed by atoms with Crippen molar-refractivity contribution in [3.63, 3.8) is 0 Å². The van der Waals surface area contributed by atoms with E-state index in [1.54, 1.807) is 0 Å². The molecule has 0 unspecified atom stereocenters. The van der Waals surface area contributed by atoms with Crippen LogP contribution in [0.15, 0.2) is 24.4 Å². The summed E-state index contributed by atoms with van der Waals surface area (Å²) in [4.78, 5) is 4.80. The summed E-state index contributed by atoms with van der Waals surface area (Å²) in [6, 6.07) is 6.24. The van der Waals surface area contributed by atoms with Crippen LogP contribution in [0.5, 0.6) is 0 Å². The van der Waals surface area contributed by atoms with Crippen LogP contribution in [-0.2, 0) is 5.41 Å². The quantitative estimate of drug-likeness (QED) is 0.710. The lowest BCUT2D eigenvalue weighted by Crippen LogP contribution is -2.16. The number of imidazole rings is 1. The van der Waals surface area contributed by atoms with Gasteiger partial charge in [0.15, 0.2) is 0 Å². The molecule has 0 aromatic carbocycles. The van der Waals surface area contributed by atoms with Crippen molar-refractivity contribution in [2.24, 2.45) is 0 Å². The maximum atomic E-state index is 4.80. The van der Waals surface area contributed by atoms with Gasteiger partial charge in [-0.1, -0.05) is 26.8 Å². The highest BCUT2D eigenvalue weighted by molar-refractivity contribution is 5.46. The molecule has 3 rings (SSSR count). The highest BCUT2D eigenvalue weighted by Gasteiger charge is 2.33. The number of hydrogen-bond donors (Lipinski definition) is 0. The van der Waals surface area contributed by atoms with Gasteiger partial charge in [0.05, 0.1) is 11.4 Å². The molecule has 84 valence electrons. The average Bonchev–Trinajstić information content (AvgIpc) is 2.96. The first-order valence-corrected chi connectivity index (χ1v) is 6.05. The van der Waals surface area contributed by atoms with Gasteiger partial charge in [0.2, 0.25) is 0 Å². The zero-order chi connectivity index (χ0) is 11.3. The highest BCUT2D eigenvalue weighted by Crippen LogP contribution is 2.44. The van der Waals surface area contributed by atoms with Crippen LogP contribution >= 0.6 is 0 Å². The first-order chi connectivity index (χ1) is 7.57. The number of hydrogen-bond acceptors (Lipinski definition) is 1. The smallest absolute Gasteiger partial charge is 0.137 e. The van der Waals surface area contributed by atoms with Crippen molar-refractivity contribution in [2.45, 2.75) is 44.9 Å². The minimum absolute atomic E-state index is 0.165. The molecule has 0 saturated heterocycles. The largest absolute Gasteiger partial charge is 0.303 e. The predicted octanol–water partition coefficient (Wildman–Crippen LogP) is 3.51. The first-order valence-electron chi connectivity index (χ1n) is 6.05. The topological polar surface area (TPSA) is 17.3 Å². The standard InChI is InChI=1S/C14H18N2/c1-14(2,3)13-12(10-7-8-10)15-11-6-4-5-9-16(11)13/h4-6,9-10H,7-8H2,1-3H3. The van der Waals surface area contributed by atoms with Crippen molar-refractivity contribution in [1.82, 2.24) is 9.38 Å². The highest BCUT2D eigenvalue weighted by atomic mass is 15.0.